The molecule has 0 saturated heterocycles. The fourth-order valence-electron chi connectivity index (χ4n) is 7.81. The largest absolute Gasteiger partial charge is 0.374 e. The lowest BCUT2D eigenvalue weighted by atomic mass is 9.92. The van der Waals surface area contributed by atoms with Crippen LogP contribution in [-0.4, -0.2) is 0 Å². The maximum absolute atomic E-state index is 4.58. The van der Waals surface area contributed by atoms with Gasteiger partial charge in [0.2, 0.25) is 0 Å². The van der Waals surface area contributed by atoms with Crippen LogP contribution in [0.15, 0.2) is 195 Å². The summed E-state index contributed by atoms with van der Waals surface area (Å²) in [7, 11) is 0. The first kappa shape index (κ1) is 33.9. The van der Waals surface area contributed by atoms with Crippen molar-refractivity contribution in [2.45, 2.75) is 19.4 Å². The van der Waals surface area contributed by atoms with Crippen LogP contribution >= 0.6 is 0 Å². The number of rotatable bonds is 4. The van der Waals surface area contributed by atoms with E-state index in [-0.39, 0.29) is 6.04 Å². The van der Waals surface area contributed by atoms with E-state index in [2.05, 4.69) is 224 Å². The van der Waals surface area contributed by atoms with E-state index in [9.17, 15) is 0 Å². The number of anilines is 1. The van der Waals surface area contributed by atoms with Gasteiger partial charge < -0.3 is 10.2 Å². The predicted molar refractivity (Wildman–Crippen MR) is 236 cm³/mol. The normalized spacial score (nSPS) is 18.0. The number of hydrogen-bond acceptors (Lipinski definition) is 2. The molecule has 2 heterocycles. The third kappa shape index (κ3) is 6.99. The van der Waals surface area contributed by atoms with Gasteiger partial charge in [-0.1, -0.05) is 152 Å². The van der Waals surface area contributed by atoms with Crippen molar-refractivity contribution < 1.29 is 0 Å². The zero-order valence-corrected chi connectivity index (χ0v) is 31.0. The van der Waals surface area contributed by atoms with Crippen LogP contribution in [0.2, 0.25) is 0 Å². The van der Waals surface area contributed by atoms with E-state index in [4.69, 9.17) is 0 Å². The van der Waals surface area contributed by atoms with Crippen LogP contribution in [0.5, 0.6) is 0 Å². The van der Waals surface area contributed by atoms with Crippen molar-refractivity contribution in [2.24, 2.45) is 0 Å². The second-order valence-electron chi connectivity index (χ2n) is 14.3. The minimum absolute atomic E-state index is 0.0517. The zero-order chi connectivity index (χ0) is 37.1. The Balaban J connectivity index is 1.12. The molecule has 2 aliphatic heterocycles. The summed E-state index contributed by atoms with van der Waals surface area (Å²) in [5.74, 6) is 0. The highest BCUT2D eigenvalue weighted by atomic mass is 15.1. The van der Waals surface area contributed by atoms with E-state index in [1.807, 2.05) is 0 Å². The standard InChI is InChI=1S/C53H42N2/c1-37-38(2)51-24-10-8-17-42(51)29-31-55(30-12-11-18-41-16-7-9-23-50(37)41)49-22-13-21-46(34-49)52-35-48(45-27-25-39-14-3-5-19-43(39)32-45)36-53(54-52)47-28-26-40-15-4-6-20-44(40)33-47/h3-10,12-36,52,54H,2,11H2,1H3/b30-12?,31-29-,41-18-,50-37+. The Hall–Kier alpha value is -6.90. The molecule has 55 heavy (non-hydrogen) atoms. The molecule has 2 aliphatic rings. The number of nitrogens with one attached hydrogen (secondary N) is 1. The topological polar surface area (TPSA) is 15.3 Å². The average Bonchev–Trinajstić information content (AvgIpc) is 3.26. The monoisotopic (exact) mass is 706 g/mol. The van der Waals surface area contributed by atoms with E-state index in [1.165, 1.54) is 59.8 Å². The first-order valence-corrected chi connectivity index (χ1v) is 19.0. The quantitative estimate of drug-likeness (QED) is 0.196. The molecule has 0 amide bonds. The van der Waals surface area contributed by atoms with Crippen LogP contribution in [0.25, 0.3) is 56.1 Å². The molecule has 0 fully saturated rings. The first-order chi connectivity index (χ1) is 27.1. The van der Waals surface area contributed by atoms with E-state index >= 15 is 0 Å². The number of hydrogen-bond donors (Lipinski definition) is 1. The van der Waals surface area contributed by atoms with Crippen LogP contribution in [0, 0.1) is 0 Å². The summed E-state index contributed by atoms with van der Waals surface area (Å²) in [5.41, 5.74) is 11.4. The van der Waals surface area contributed by atoms with Gasteiger partial charge in [-0.15, -0.1) is 0 Å². The summed E-state index contributed by atoms with van der Waals surface area (Å²) < 4.78 is 0. The Kier molecular flexibility index (Phi) is 9.15. The van der Waals surface area contributed by atoms with Crippen LogP contribution in [-0.2, 0) is 0 Å². The van der Waals surface area contributed by atoms with Gasteiger partial charge in [0.1, 0.15) is 0 Å². The highest BCUT2D eigenvalue weighted by molar-refractivity contribution is 5.98. The molecule has 1 unspecified atom stereocenters. The van der Waals surface area contributed by atoms with Gasteiger partial charge in [-0.3, -0.25) is 0 Å². The molecule has 1 atom stereocenters. The third-order valence-electron chi connectivity index (χ3n) is 10.9. The number of benzene rings is 7. The summed E-state index contributed by atoms with van der Waals surface area (Å²) in [6.45, 7) is 6.77. The Bertz CT molecular complexity index is 2870. The van der Waals surface area contributed by atoms with Crippen molar-refractivity contribution in [1.29, 1.82) is 0 Å². The molecule has 0 bridgehead atoms. The van der Waals surface area contributed by atoms with Crippen molar-refractivity contribution in [2.75, 3.05) is 4.90 Å². The molecule has 0 radical (unpaired) electrons. The van der Waals surface area contributed by atoms with Gasteiger partial charge in [-0.2, -0.15) is 0 Å². The highest BCUT2D eigenvalue weighted by Gasteiger charge is 2.20. The van der Waals surface area contributed by atoms with Gasteiger partial charge in [0.05, 0.1) is 6.04 Å². The Labute approximate surface area is 323 Å². The SMILES string of the molecule is C=C1/C(C)=c2\cccc\c2=C\CC=CN(c2cccc(C3C=C(c4ccc5ccccc5c4)C=C(c4ccc5ccccc5c4)N3)c2)/C=C\c2ccccc21. The van der Waals surface area contributed by atoms with E-state index < -0.39 is 0 Å². The second-order valence-corrected chi connectivity index (χ2v) is 14.3. The molecule has 0 aliphatic carbocycles. The number of fused-ring (bicyclic) bond motifs is 4. The van der Waals surface area contributed by atoms with Crippen molar-refractivity contribution in [3.8, 4) is 0 Å². The van der Waals surface area contributed by atoms with E-state index in [0.29, 0.717) is 0 Å². The van der Waals surface area contributed by atoms with Gasteiger partial charge in [0, 0.05) is 23.8 Å². The number of nitrogens with zero attached hydrogens (tertiary/aromatic N) is 1. The number of allylic oxidation sites excluding steroid dienone is 4. The molecule has 7 aromatic carbocycles. The summed E-state index contributed by atoms with van der Waals surface area (Å²) in [4.78, 5) is 2.23. The van der Waals surface area contributed by atoms with E-state index in [0.717, 1.165) is 34.5 Å². The summed E-state index contributed by atoms with van der Waals surface area (Å²) in [6, 6.07) is 56.7. The third-order valence-corrected chi connectivity index (χ3v) is 10.9. The molecule has 0 aromatic heterocycles. The van der Waals surface area contributed by atoms with Crippen molar-refractivity contribution in [3.05, 3.63) is 233 Å². The molecule has 2 nitrogen and oxygen atoms in total. The molecule has 7 aromatic rings. The van der Waals surface area contributed by atoms with Crippen LogP contribution < -0.4 is 20.7 Å². The van der Waals surface area contributed by atoms with Gasteiger partial charge in [-0.25, -0.2) is 0 Å². The molecule has 9 rings (SSSR count). The minimum atomic E-state index is -0.0517. The zero-order valence-electron chi connectivity index (χ0n) is 31.0. The number of dihydropyridines is 1. The molecule has 264 valence electrons. The fourth-order valence-corrected chi connectivity index (χ4v) is 7.81. The second kappa shape index (κ2) is 14.9. The van der Waals surface area contributed by atoms with Gasteiger partial charge >= 0.3 is 0 Å². The molecular weight excluding hydrogens is 665 g/mol. The van der Waals surface area contributed by atoms with Gasteiger partial charge in [-0.05, 0) is 132 Å². The smallest absolute Gasteiger partial charge is 0.0707 e. The lowest BCUT2D eigenvalue weighted by Crippen LogP contribution is -2.26. The first-order valence-electron chi connectivity index (χ1n) is 19.0. The molecule has 0 spiro atoms. The fraction of sp³-hybridized carbons (Fsp3) is 0.0566. The van der Waals surface area contributed by atoms with Crippen LogP contribution in [0.1, 0.15) is 47.2 Å². The lowest BCUT2D eigenvalue weighted by molar-refractivity contribution is 0.767. The Morgan fingerprint density at radius 1 is 0.636 bits per heavy atom. The molecule has 2 heteroatoms. The Morgan fingerprint density at radius 2 is 1.33 bits per heavy atom. The molecule has 1 N–H and O–H groups in total. The molecular formula is C53H42N2. The highest BCUT2D eigenvalue weighted by Crippen LogP contribution is 2.35. The average molecular weight is 707 g/mol. The predicted octanol–water partition coefficient (Wildman–Crippen LogP) is 11.8. The van der Waals surface area contributed by atoms with Crippen molar-refractivity contribution >= 4 is 61.8 Å². The maximum Gasteiger partial charge on any atom is 0.0707 e. The van der Waals surface area contributed by atoms with Crippen molar-refractivity contribution in [1.82, 2.24) is 5.32 Å². The van der Waals surface area contributed by atoms with Crippen molar-refractivity contribution in [3.63, 3.8) is 0 Å². The maximum atomic E-state index is 4.58. The summed E-state index contributed by atoms with van der Waals surface area (Å²) >= 11 is 0. The minimum Gasteiger partial charge on any atom is -0.374 e. The lowest BCUT2D eigenvalue weighted by Gasteiger charge is -2.27. The van der Waals surface area contributed by atoms with Crippen LogP contribution in [0.3, 0.4) is 0 Å². The van der Waals surface area contributed by atoms with Crippen LogP contribution in [0.4, 0.5) is 5.69 Å². The van der Waals surface area contributed by atoms with E-state index in [1.54, 1.807) is 0 Å². The van der Waals surface area contributed by atoms with Gasteiger partial charge in [0.15, 0.2) is 0 Å². The summed E-state index contributed by atoms with van der Waals surface area (Å²) in [6.07, 6.45) is 16.6. The van der Waals surface area contributed by atoms with Gasteiger partial charge in [0.25, 0.3) is 0 Å². The Morgan fingerprint density at radius 3 is 2.15 bits per heavy atom. The molecule has 0 saturated carbocycles. The summed E-state index contributed by atoms with van der Waals surface area (Å²) in [5, 5.41) is 11.3.